The molecule has 0 spiro atoms. The van der Waals surface area contributed by atoms with Crippen molar-refractivity contribution in [1.82, 2.24) is 10.2 Å². The van der Waals surface area contributed by atoms with E-state index in [0.29, 0.717) is 24.9 Å². The highest BCUT2D eigenvalue weighted by molar-refractivity contribution is 5.77. The lowest BCUT2D eigenvalue weighted by Gasteiger charge is -2.38. The minimum absolute atomic E-state index is 0.00144. The minimum Gasteiger partial charge on any atom is -0.395 e. The van der Waals surface area contributed by atoms with Crippen molar-refractivity contribution < 1.29 is 23.1 Å². The van der Waals surface area contributed by atoms with Gasteiger partial charge in [0.2, 0.25) is 5.91 Å². The molecule has 2 N–H and O–H groups in total. The van der Waals surface area contributed by atoms with Crippen LogP contribution in [0.25, 0.3) is 0 Å². The molecule has 0 bridgehead atoms. The topological polar surface area (TPSA) is 52.6 Å². The van der Waals surface area contributed by atoms with E-state index < -0.39 is 17.3 Å². The molecule has 0 unspecified atom stereocenters. The second-order valence-corrected chi connectivity index (χ2v) is 7.53. The molecule has 0 saturated carbocycles. The summed E-state index contributed by atoms with van der Waals surface area (Å²) in [6, 6.07) is 5.13. The fourth-order valence-corrected chi connectivity index (χ4v) is 4.52. The molecule has 3 rings (SSSR count). The monoisotopic (exact) mass is 370 g/mol. The van der Waals surface area contributed by atoms with E-state index in [0.717, 1.165) is 25.3 Å². The number of hydrogen-bond acceptors (Lipinski definition) is 3. The molecule has 26 heavy (non-hydrogen) atoms. The first-order chi connectivity index (χ1) is 12.2. The molecule has 3 atom stereocenters. The average molecular weight is 370 g/mol. The van der Waals surface area contributed by atoms with Gasteiger partial charge in [0.1, 0.15) is 0 Å². The van der Waals surface area contributed by atoms with Crippen LogP contribution in [0.15, 0.2) is 24.3 Å². The number of fused-ring (bicyclic) bond motifs is 1. The van der Waals surface area contributed by atoms with Crippen LogP contribution in [-0.4, -0.2) is 40.6 Å². The van der Waals surface area contributed by atoms with E-state index in [1.807, 2.05) is 6.92 Å². The van der Waals surface area contributed by atoms with Gasteiger partial charge in [-0.25, -0.2) is 0 Å². The van der Waals surface area contributed by atoms with Crippen LogP contribution >= 0.6 is 0 Å². The lowest BCUT2D eigenvalue weighted by Crippen LogP contribution is -2.55. The van der Waals surface area contributed by atoms with E-state index in [2.05, 4.69) is 10.2 Å². The van der Waals surface area contributed by atoms with Crippen LogP contribution in [0.3, 0.4) is 0 Å². The highest BCUT2D eigenvalue weighted by Crippen LogP contribution is 2.45. The Morgan fingerprint density at radius 2 is 2.12 bits per heavy atom. The molecular weight excluding hydrogens is 345 g/mol. The zero-order chi connectivity index (χ0) is 18.9. The summed E-state index contributed by atoms with van der Waals surface area (Å²) in [6.07, 6.45) is -0.825. The Balaban J connectivity index is 1.97. The number of aliphatic hydroxyl groups is 1. The number of halogens is 3. The second-order valence-electron chi connectivity index (χ2n) is 7.53. The predicted octanol–water partition coefficient (Wildman–Crippen LogP) is 3.26. The summed E-state index contributed by atoms with van der Waals surface area (Å²) in [5.74, 6) is -0.00848. The lowest BCUT2D eigenvalue weighted by atomic mass is 9.85. The first-order valence-corrected chi connectivity index (χ1v) is 9.09. The third-order valence-electron chi connectivity index (χ3n) is 5.67. The molecule has 2 heterocycles. The maximum atomic E-state index is 13.1. The summed E-state index contributed by atoms with van der Waals surface area (Å²) < 4.78 is 39.4. The van der Waals surface area contributed by atoms with Gasteiger partial charge in [-0.2, -0.15) is 13.2 Å². The standard InChI is InChI=1S/C19H25F3N2O2/c1-18-12-15(13-5-4-6-14(11-13)19(20,21)22)24(9-10-25)16(18)7-2-3-8-17(26)23-18/h4-6,11,15-16,25H,2-3,7-10,12H2,1H3,(H,23,26)/t15-,16-,18-/m0/s1. The third kappa shape index (κ3) is 3.74. The summed E-state index contributed by atoms with van der Waals surface area (Å²) in [4.78, 5) is 14.2. The number of aliphatic hydroxyl groups excluding tert-OH is 1. The van der Waals surface area contributed by atoms with Crippen molar-refractivity contribution in [2.24, 2.45) is 0 Å². The molecule has 2 fully saturated rings. The number of carbonyl (C=O) groups excluding carboxylic acids is 1. The quantitative estimate of drug-likeness (QED) is 0.859. The van der Waals surface area contributed by atoms with Crippen molar-refractivity contribution >= 4 is 5.91 Å². The lowest BCUT2D eigenvalue weighted by molar-refractivity contribution is -0.137. The van der Waals surface area contributed by atoms with Gasteiger partial charge in [0.15, 0.2) is 0 Å². The first kappa shape index (κ1) is 19.2. The Morgan fingerprint density at radius 1 is 1.35 bits per heavy atom. The van der Waals surface area contributed by atoms with Crippen LogP contribution in [0.5, 0.6) is 0 Å². The maximum absolute atomic E-state index is 13.1. The number of nitrogens with one attached hydrogen (secondary N) is 1. The number of hydrogen-bond donors (Lipinski definition) is 2. The number of likely N-dealkylation sites (tertiary alicyclic amines) is 1. The number of alkyl halides is 3. The smallest absolute Gasteiger partial charge is 0.395 e. The number of benzene rings is 1. The average Bonchev–Trinajstić information content (AvgIpc) is 2.81. The van der Waals surface area contributed by atoms with Crippen molar-refractivity contribution in [3.05, 3.63) is 35.4 Å². The van der Waals surface area contributed by atoms with Gasteiger partial charge in [0.25, 0.3) is 0 Å². The Labute approximate surface area is 151 Å². The Hall–Kier alpha value is -1.60. The summed E-state index contributed by atoms with van der Waals surface area (Å²) in [6.45, 7) is 2.27. The highest BCUT2D eigenvalue weighted by atomic mass is 19.4. The second kappa shape index (κ2) is 7.19. The molecule has 0 aliphatic carbocycles. The number of amides is 1. The van der Waals surface area contributed by atoms with Gasteiger partial charge in [0, 0.05) is 25.0 Å². The molecule has 144 valence electrons. The zero-order valence-corrected chi connectivity index (χ0v) is 14.9. The minimum atomic E-state index is -4.39. The normalized spacial score (nSPS) is 30.4. The molecule has 0 aromatic heterocycles. The van der Waals surface area contributed by atoms with Gasteiger partial charge < -0.3 is 10.4 Å². The number of rotatable bonds is 3. The summed E-state index contributed by atoms with van der Waals surface area (Å²) in [7, 11) is 0. The van der Waals surface area contributed by atoms with Gasteiger partial charge in [0.05, 0.1) is 17.7 Å². The molecule has 2 aliphatic heterocycles. The van der Waals surface area contributed by atoms with Gasteiger partial charge in [-0.1, -0.05) is 18.6 Å². The van der Waals surface area contributed by atoms with Crippen LogP contribution in [-0.2, 0) is 11.0 Å². The molecule has 1 aromatic carbocycles. The van der Waals surface area contributed by atoms with Gasteiger partial charge in [-0.05, 0) is 43.9 Å². The molecule has 1 aromatic rings. The number of carbonyl (C=O) groups is 1. The molecule has 7 heteroatoms. The highest BCUT2D eigenvalue weighted by Gasteiger charge is 2.50. The van der Waals surface area contributed by atoms with Gasteiger partial charge in [-0.3, -0.25) is 9.69 Å². The Kier molecular flexibility index (Phi) is 5.30. The van der Waals surface area contributed by atoms with E-state index in [4.69, 9.17) is 0 Å². The molecule has 4 nitrogen and oxygen atoms in total. The largest absolute Gasteiger partial charge is 0.416 e. The summed E-state index contributed by atoms with van der Waals surface area (Å²) in [5.41, 5.74) is -0.598. The fourth-order valence-electron chi connectivity index (χ4n) is 4.52. The first-order valence-electron chi connectivity index (χ1n) is 9.09. The van der Waals surface area contributed by atoms with E-state index in [9.17, 15) is 23.1 Å². The number of nitrogens with zero attached hydrogens (tertiary/aromatic N) is 1. The molecule has 1 amide bonds. The Bertz CT molecular complexity index is 664. The van der Waals surface area contributed by atoms with E-state index in [1.54, 1.807) is 6.07 Å². The maximum Gasteiger partial charge on any atom is 0.416 e. The summed E-state index contributed by atoms with van der Waals surface area (Å²) in [5, 5.41) is 12.6. The zero-order valence-electron chi connectivity index (χ0n) is 14.9. The Morgan fingerprint density at radius 3 is 2.81 bits per heavy atom. The van der Waals surface area contributed by atoms with Crippen molar-refractivity contribution in [1.29, 1.82) is 0 Å². The van der Waals surface area contributed by atoms with Crippen LogP contribution in [0, 0.1) is 0 Å². The summed E-state index contributed by atoms with van der Waals surface area (Å²) >= 11 is 0. The molecular formula is C19H25F3N2O2. The number of β-amino-alcohol motifs (C(OH)–C–C–N with tert-alkyl or cyclic N) is 1. The predicted molar refractivity (Wildman–Crippen MR) is 91.4 cm³/mol. The van der Waals surface area contributed by atoms with Crippen LogP contribution in [0.4, 0.5) is 13.2 Å². The van der Waals surface area contributed by atoms with Crippen molar-refractivity contribution in [3.63, 3.8) is 0 Å². The van der Waals surface area contributed by atoms with Crippen molar-refractivity contribution in [2.75, 3.05) is 13.2 Å². The molecule has 0 radical (unpaired) electrons. The van der Waals surface area contributed by atoms with Crippen molar-refractivity contribution in [3.8, 4) is 0 Å². The van der Waals surface area contributed by atoms with Crippen LogP contribution in [0.1, 0.15) is 56.2 Å². The van der Waals surface area contributed by atoms with Gasteiger partial charge >= 0.3 is 6.18 Å². The fraction of sp³-hybridized carbons (Fsp3) is 0.632. The van der Waals surface area contributed by atoms with Crippen LogP contribution < -0.4 is 5.32 Å². The van der Waals surface area contributed by atoms with Crippen molar-refractivity contribution in [2.45, 2.75) is 62.8 Å². The van der Waals surface area contributed by atoms with E-state index >= 15 is 0 Å². The van der Waals surface area contributed by atoms with Gasteiger partial charge in [-0.15, -0.1) is 0 Å². The molecule has 2 saturated heterocycles. The van der Waals surface area contributed by atoms with Crippen LogP contribution in [0.2, 0.25) is 0 Å². The van der Waals surface area contributed by atoms with E-state index in [-0.39, 0.29) is 24.6 Å². The van der Waals surface area contributed by atoms with E-state index in [1.165, 1.54) is 12.1 Å². The molecule has 2 aliphatic rings. The third-order valence-corrected chi connectivity index (χ3v) is 5.67. The SMILES string of the molecule is C[C@]12C[C@@H](c3cccc(C(F)(F)F)c3)N(CCO)[C@H]1CCCCC(=O)N2.